The second-order valence-electron chi connectivity index (χ2n) is 5.67. The lowest BCUT2D eigenvalue weighted by Crippen LogP contribution is -2.48. The van der Waals surface area contributed by atoms with E-state index in [0.717, 1.165) is 13.1 Å². The van der Waals surface area contributed by atoms with E-state index in [1.54, 1.807) is 0 Å². The molecule has 0 aromatic carbocycles. The molecule has 0 bridgehead atoms. The quantitative estimate of drug-likeness (QED) is 0.681. The van der Waals surface area contributed by atoms with Crippen LogP contribution in [0.5, 0.6) is 0 Å². The number of nitrogens with one attached hydrogen (secondary N) is 1. The summed E-state index contributed by atoms with van der Waals surface area (Å²) in [6.07, 6.45) is 1.96. The van der Waals surface area contributed by atoms with Crippen molar-refractivity contribution in [3.63, 3.8) is 0 Å². The molecule has 0 heterocycles. The van der Waals surface area contributed by atoms with Gasteiger partial charge in [-0.3, -0.25) is 4.90 Å². The molecule has 0 radical (unpaired) electrons. The summed E-state index contributed by atoms with van der Waals surface area (Å²) in [5.74, 6) is 0.657. The van der Waals surface area contributed by atoms with Crippen LogP contribution in [0.4, 0.5) is 0 Å². The molecule has 0 aliphatic rings. The molecule has 2 nitrogen and oxygen atoms in total. The van der Waals surface area contributed by atoms with Gasteiger partial charge < -0.3 is 5.32 Å². The van der Waals surface area contributed by atoms with E-state index >= 15 is 0 Å². The Morgan fingerprint density at radius 2 is 1.87 bits per heavy atom. The molecule has 1 unspecified atom stereocenters. The number of rotatable bonds is 6. The first kappa shape index (κ1) is 14.7. The number of nitrogens with zero attached hydrogens (tertiary/aromatic N) is 1. The minimum Gasteiger partial charge on any atom is -0.311 e. The molecule has 2 heteroatoms. The molecule has 90 valence electrons. The summed E-state index contributed by atoms with van der Waals surface area (Å²) in [5.41, 5.74) is 0.197. The SMILES string of the molecule is C=CCN(C)C(CNC(C)(C)C)C(C)C. The largest absolute Gasteiger partial charge is 0.311 e. The number of hydrogen-bond donors (Lipinski definition) is 1. The van der Waals surface area contributed by atoms with Gasteiger partial charge in [-0.15, -0.1) is 6.58 Å². The van der Waals surface area contributed by atoms with Crippen molar-refractivity contribution < 1.29 is 0 Å². The summed E-state index contributed by atoms with van der Waals surface area (Å²) in [6, 6.07) is 0.572. The molecule has 15 heavy (non-hydrogen) atoms. The van der Waals surface area contributed by atoms with Crippen LogP contribution in [-0.4, -0.2) is 36.6 Å². The van der Waals surface area contributed by atoms with Crippen molar-refractivity contribution in [1.82, 2.24) is 10.2 Å². The predicted octanol–water partition coefficient (Wildman–Crippen LogP) is 2.52. The maximum Gasteiger partial charge on any atom is 0.0244 e. The molecule has 0 fully saturated rings. The summed E-state index contributed by atoms with van der Waals surface area (Å²) in [4.78, 5) is 2.36. The third kappa shape index (κ3) is 6.69. The number of hydrogen-bond acceptors (Lipinski definition) is 2. The highest BCUT2D eigenvalue weighted by Crippen LogP contribution is 2.10. The van der Waals surface area contributed by atoms with Crippen molar-refractivity contribution in [3.8, 4) is 0 Å². The van der Waals surface area contributed by atoms with E-state index in [4.69, 9.17) is 0 Å². The minimum absolute atomic E-state index is 0.197. The first-order valence-electron chi connectivity index (χ1n) is 5.84. The molecule has 0 aliphatic carbocycles. The van der Waals surface area contributed by atoms with E-state index in [9.17, 15) is 0 Å². The van der Waals surface area contributed by atoms with Crippen molar-refractivity contribution in [3.05, 3.63) is 12.7 Å². The van der Waals surface area contributed by atoms with Crippen molar-refractivity contribution in [2.24, 2.45) is 5.92 Å². The Bertz CT molecular complexity index is 179. The van der Waals surface area contributed by atoms with Gasteiger partial charge in [0.05, 0.1) is 0 Å². The molecule has 0 aromatic heterocycles. The van der Waals surface area contributed by atoms with Crippen LogP contribution >= 0.6 is 0 Å². The van der Waals surface area contributed by atoms with E-state index in [0.29, 0.717) is 12.0 Å². The van der Waals surface area contributed by atoms with Crippen molar-refractivity contribution in [2.45, 2.75) is 46.2 Å². The Hall–Kier alpha value is -0.340. The van der Waals surface area contributed by atoms with Gasteiger partial charge >= 0.3 is 0 Å². The average molecular weight is 212 g/mol. The normalized spacial score (nSPS) is 14.7. The van der Waals surface area contributed by atoms with E-state index in [1.807, 2.05) is 6.08 Å². The zero-order valence-corrected chi connectivity index (χ0v) is 11.3. The summed E-state index contributed by atoms with van der Waals surface area (Å²) in [6.45, 7) is 16.9. The zero-order valence-electron chi connectivity index (χ0n) is 11.3. The molecular weight excluding hydrogens is 184 g/mol. The second-order valence-corrected chi connectivity index (χ2v) is 5.67. The van der Waals surface area contributed by atoms with Gasteiger partial charge in [-0.05, 0) is 33.7 Å². The molecule has 0 rings (SSSR count). The summed E-state index contributed by atoms with van der Waals surface area (Å²) >= 11 is 0. The highest BCUT2D eigenvalue weighted by Gasteiger charge is 2.20. The van der Waals surface area contributed by atoms with Gasteiger partial charge in [-0.2, -0.15) is 0 Å². The third-order valence-corrected chi connectivity index (χ3v) is 2.59. The van der Waals surface area contributed by atoms with Gasteiger partial charge in [0.25, 0.3) is 0 Å². The van der Waals surface area contributed by atoms with Gasteiger partial charge in [0, 0.05) is 24.7 Å². The maximum atomic E-state index is 3.79. The smallest absolute Gasteiger partial charge is 0.0244 e. The third-order valence-electron chi connectivity index (χ3n) is 2.59. The molecule has 0 saturated carbocycles. The van der Waals surface area contributed by atoms with E-state index in [-0.39, 0.29) is 5.54 Å². The van der Waals surface area contributed by atoms with Gasteiger partial charge in [0.2, 0.25) is 0 Å². The van der Waals surface area contributed by atoms with E-state index in [2.05, 4.69) is 58.5 Å². The van der Waals surface area contributed by atoms with Crippen molar-refractivity contribution >= 4 is 0 Å². The van der Waals surface area contributed by atoms with Crippen molar-refractivity contribution in [1.29, 1.82) is 0 Å². The van der Waals surface area contributed by atoms with Gasteiger partial charge in [-0.1, -0.05) is 19.9 Å². The lowest BCUT2D eigenvalue weighted by Gasteiger charge is -2.33. The lowest BCUT2D eigenvalue weighted by molar-refractivity contribution is 0.192. The summed E-state index contributed by atoms with van der Waals surface area (Å²) in [7, 11) is 2.16. The standard InChI is InChI=1S/C13H28N2/c1-8-9-15(7)12(11(2)3)10-14-13(4,5)6/h8,11-12,14H,1,9-10H2,2-7H3. The Labute approximate surface area is 95.7 Å². The van der Waals surface area contributed by atoms with Crippen LogP contribution < -0.4 is 5.32 Å². The zero-order chi connectivity index (χ0) is 12.1. The summed E-state index contributed by atoms with van der Waals surface area (Å²) in [5, 5.41) is 3.57. The monoisotopic (exact) mass is 212 g/mol. The molecule has 0 amide bonds. The second kappa shape index (κ2) is 6.29. The van der Waals surface area contributed by atoms with Crippen LogP contribution in [0.15, 0.2) is 12.7 Å². The van der Waals surface area contributed by atoms with Gasteiger partial charge in [0.15, 0.2) is 0 Å². The fraction of sp³-hybridized carbons (Fsp3) is 0.846. The van der Waals surface area contributed by atoms with Crippen LogP contribution in [0, 0.1) is 5.92 Å². The average Bonchev–Trinajstić information content (AvgIpc) is 2.01. The minimum atomic E-state index is 0.197. The molecule has 1 N–H and O–H groups in total. The van der Waals surface area contributed by atoms with E-state index < -0.39 is 0 Å². The van der Waals surface area contributed by atoms with Crippen LogP contribution in [-0.2, 0) is 0 Å². The van der Waals surface area contributed by atoms with E-state index in [1.165, 1.54) is 0 Å². The Morgan fingerprint density at radius 3 is 2.20 bits per heavy atom. The van der Waals surface area contributed by atoms with Crippen LogP contribution in [0.2, 0.25) is 0 Å². The Balaban J connectivity index is 4.22. The highest BCUT2D eigenvalue weighted by molar-refractivity contribution is 4.83. The summed E-state index contributed by atoms with van der Waals surface area (Å²) < 4.78 is 0. The van der Waals surface area contributed by atoms with Gasteiger partial charge in [-0.25, -0.2) is 0 Å². The maximum absolute atomic E-state index is 3.79. The van der Waals surface area contributed by atoms with Crippen molar-refractivity contribution in [2.75, 3.05) is 20.1 Å². The molecule has 0 aromatic rings. The van der Waals surface area contributed by atoms with Crippen LogP contribution in [0.3, 0.4) is 0 Å². The fourth-order valence-electron chi connectivity index (χ4n) is 1.65. The molecular formula is C13H28N2. The van der Waals surface area contributed by atoms with Gasteiger partial charge in [0.1, 0.15) is 0 Å². The Morgan fingerprint density at radius 1 is 1.33 bits per heavy atom. The lowest BCUT2D eigenvalue weighted by atomic mass is 10.0. The number of likely N-dealkylation sites (N-methyl/N-ethyl adjacent to an activating group) is 1. The topological polar surface area (TPSA) is 15.3 Å². The fourth-order valence-corrected chi connectivity index (χ4v) is 1.65. The predicted molar refractivity (Wildman–Crippen MR) is 69.2 cm³/mol. The molecule has 0 aliphatic heterocycles. The Kier molecular flexibility index (Phi) is 6.15. The molecule has 0 saturated heterocycles. The van der Waals surface area contributed by atoms with Crippen LogP contribution in [0.1, 0.15) is 34.6 Å². The molecule has 0 spiro atoms. The molecule has 1 atom stereocenters. The van der Waals surface area contributed by atoms with Crippen LogP contribution in [0.25, 0.3) is 0 Å². The first-order chi connectivity index (χ1) is 6.78. The first-order valence-corrected chi connectivity index (χ1v) is 5.84. The highest BCUT2D eigenvalue weighted by atomic mass is 15.2.